The molecule has 2 rings (SSSR count). The average molecular weight is 311 g/mol. The van der Waals surface area contributed by atoms with Crippen LogP contribution in [0, 0.1) is 0 Å². The predicted octanol–water partition coefficient (Wildman–Crippen LogP) is 3.36. The second-order valence-corrected chi connectivity index (χ2v) is 6.40. The van der Waals surface area contributed by atoms with Gasteiger partial charge >= 0.3 is 0 Å². The molecule has 0 radical (unpaired) electrons. The standard InChI is InChI=1S/C17H27ClN2O/c1-14(2)21-17-7-6-16(18)13-15(17)5-3-4-10-20-11-8-19-9-12-20/h6-7,13-14,19H,3-5,8-12H2,1-2H3. The van der Waals surface area contributed by atoms with Crippen molar-refractivity contribution in [1.29, 1.82) is 0 Å². The number of piperazine rings is 1. The third-order valence-corrected chi connectivity index (χ3v) is 4.00. The molecule has 1 heterocycles. The summed E-state index contributed by atoms with van der Waals surface area (Å²) in [7, 11) is 0. The maximum atomic E-state index is 6.12. The number of aryl methyl sites for hydroxylation is 1. The Hall–Kier alpha value is -0.770. The van der Waals surface area contributed by atoms with E-state index in [-0.39, 0.29) is 6.10 Å². The van der Waals surface area contributed by atoms with E-state index >= 15 is 0 Å². The van der Waals surface area contributed by atoms with E-state index in [1.54, 1.807) is 0 Å². The summed E-state index contributed by atoms with van der Waals surface area (Å²) in [6.07, 6.45) is 3.65. The first-order valence-corrected chi connectivity index (χ1v) is 8.41. The molecular weight excluding hydrogens is 284 g/mol. The molecule has 4 heteroatoms. The van der Waals surface area contributed by atoms with Gasteiger partial charge in [-0.15, -0.1) is 0 Å². The van der Waals surface area contributed by atoms with Crippen molar-refractivity contribution in [3.8, 4) is 5.75 Å². The van der Waals surface area contributed by atoms with Crippen LogP contribution >= 0.6 is 11.6 Å². The fourth-order valence-electron chi connectivity index (χ4n) is 2.70. The predicted molar refractivity (Wildman–Crippen MR) is 89.5 cm³/mol. The van der Waals surface area contributed by atoms with Gasteiger partial charge in [-0.05, 0) is 63.4 Å². The van der Waals surface area contributed by atoms with Crippen LogP contribution in [-0.2, 0) is 6.42 Å². The van der Waals surface area contributed by atoms with E-state index in [0.29, 0.717) is 0 Å². The summed E-state index contributed by atoms with van der Waals surface area (Å²) in [6, 6.07) is 5.95. The molecule has 0 unspecified atom stereocenters. The SMILES string of the molecule is CC(C)Oc1ccc(Cl)cc1CCCCN1CCNCC1. The minimum atomic E-state index is 0.200. The second kappa shape index (κ2) is 8.62. The van der Waals surface area contributed by atoms with Crippen LogP contribution in [0.4, 0.5) is 0 Å². The van der Waals surface area contributed by atoms with Crippen LogP contribution in [0.3, 0.4) is 0 Å². The zero-order valence-electron chi connectivity index (χ0n) is 13.2. The first-order valence-electron chi connectivity index (χ1n) is 8.03. The number of nitrogens with one attached hydrogen (secondary N) is 1. The molecular formula is C17H27ClN2O. The number of nitrogens with zero attached hydrogens (tertiary/aromatic N) is 1. The van der Waals surface area contributed by atoms with Gasteiger partial charge in [-0.3, -0.25) is 0 Å². The third kappa shape index (κ3) is 5.85. The van der Waals surface area contributed by atoms with Crippen LogP contribution in [0.5, 0.6) is 5.75 Å². The third-order valence-electron chi connectivity index (χ3n) is 3.77. The Labute approximate surface area is 133 Å². The molecule has 0 spiro atoms. The van der Waals surface area contributed by atoms with Crippen molar-refractivity contribution < 1.29 is 4.74 Å². The molecule has 0 saturated carbocycles. The molecule has 0 aromatic heterocycles. The fraction of sp³-hybridized carbons (Fsp3) is 0.647. The maximum Gasteiger partial charge on any atom is 0.122 e. The van der Waals surface area contributed by atoms with Crippen LogP contribution in [0.2, 0.25) is 5.02 Å². The number of ether oxygens (including phenoxy) is 1. The van der Waals surface area contributed by atoms with E-state index in [1.165, 1.54) is 38.0 Å². The summed E-state index contributed by atoms with van der Waals surface area (Å²) in [5, 5.41) is 4.18. The lowest BCUT2D eigenvalue weighted by Gasteiger charge is -2.27. The molecule has 21 heavy (non-hydrogen) atoms. The molecule has 0 amide bonds. The highest BCUT2D eigenvalue weighted by Gasteiger charge is 2.10. The van der Waals surface area contributed by atoms with Gasteiger partial charge in [-0.2, -0.15) is 0 Å². The summed E-state index contributed by atoms with van der Waals surface area (Å²) in [5.74, 6) is 0.983. The Kier molecular flexibility index (Phi) is 6.81. The topological polar surface area (TPSA) is 24.5 Å². The van der Waals surface area contributed by atoms with Crippen molar-refractivity contribution in [3.05, 3.63) is 28.8 Å². The number of halogens is 1. The molecule has 1 aliphatic rings. The lowest BCUT2D eigenvalue weighted by atomic mass is 10.1. The van der Waals surface area contributed by atoms with Gasteiger partial charge in [-0.1, -0.05) is 11.6 Å². The Morgan fingerprint density at radius 3 is 2.71 bits per heavy atom. The highest BCUT2D eigenvalue weighted by Crippen LogP contribution is 2.25. The summed E-state index contributed by atoms with van der Waals surface area (Å²) >= 11 is 6.12. The highest BCUT2D eigenvalue weighted by atomic mass is 35.5. The Balaban J connectivity index is 1.79. The number of hydrogen-bond acceptors (Lipinski definition) is 3. The van der Waals surface area contributed by atoms with Crippen molar-refractivity contribution in [1.82, 2.24) is 10.2 Å². The first kappa shape index (κ1) is 16.6. The normalized spacial score (nSPS) is 16.4. The minimum absolute atomic E-state index is 0.200. The summed E-state index contributed by atoms with van der Waals surface area (Å²) in [6.45, 7) is 9.92. The van der Waals surface area contributed by atoms with Gasteiger partial charge in [0.25, 0.3) is 0 Å². The van der Waals surface area contributed by atoms with Crippen molar-refractivity contribution in [2.24, 2.45) is 0 Å². The zero-order valence-corrected chi connectivity index (χ0v) is 14.0. The lowest BCUT2D eigenvalue weighted by Crippen LogP contribution is -2.43. The van der Waals surface area contributed by atoms with E-state index in [2.05, 4.69) is 24.1 Å². The summed E-state index contributed by atoms with van der Waals surface area (Å²) in [5.41, 5.74) is 1.23. The second-order valence-electron chi connectivity index (χ2n) is 5.97. The van der Waals surface area contributed by atoms with E-state index in [4.69, 9.17) is 16.3 Å². The molecule has 1 aliphatic heterocycles. The van der Waals surface area contributed by atoms with Crippen LogP contribution in [0.1, 0.15) is 32.3 Å². The quantitative estimate of drug-likeness (QED) is 0.782. The van der Waals surface area contributed by atoms with E-state index in [9.17, 15) is 0 Å². The molecule has 1 aromatic carbocycles. The van der Waals surface area contributed by atoms with E-state index in [1.807, 2.05) is 18.2 Å². The van der Waals surface area contributed by atoms with Crippen LogP contribution in [0.15, 0.2) is 18.2 Å². The Morgan fingerprint density at radius 1 is 1.24 bits per heavy atom. The van der Waals surface area contributed by atoms with Crippen molar-refractivity contribution in [2.45, 2.75) is 39.2 Å². The average Bonchev–Trinajstić information content (AvgIpc) is 2.47. The molecule has 1 N–H and O–H groups in total. The van der Waals surface area contributed by atoms with Crippen molar-refractivity contribution >= 4 is 11.6 Å². The highest BCUT2D eigenvalue weighted by molar-refractivity contribution is 6.30. The van der Waals surface area contributed by atoms with Gasteiger partial charge in [-0.25, -0.2) is 0 Å². The van der Waals surface area contributed by atoms with Gasteiger partial charge in [0.1, 0.15) is 5.75 Å². The largest absolute Gasteiger partial charge is 0.491 e. The van der Waals surface area contributed by atoms with Gasteiger partial charge < -0.3 is 15.0 Å². The molecule has 0 bridgehead atoms. The van der Waals surface area contributed by atoms with Gasteiger partial charge in [0.05, 0.1) is 6.10 Å². The smallest absolute Gasteiger partial charge is 0.122 e. The molecule has 3 nitrogen and oxygen atoms in total. The lowest BCUT2D eigenvalue weighted by molar-refractivity contribution is 0.234. The maximum absolute atomic E-state index is 6.12. The van der Waals surface area contributed by atoms with Crippen LogP contribution in [0.25, 0.3) is 0 Å². The number of benzene rings is 1. The molecule has 0 atom stereocenters. The monoisotopic (exact) mass is 310 g/mol. The van der Waals surface area contributed by atoms with Crippen molar-refractivity contribution in [3.63, 3.8) is 0 Å². The molecule has 1 saturated heterocycles. The van der Waals surface area contributed by atoms with Gasteiger partial charge in [0.15, 0.2) is 0 Å². The van der Waals surface area contributed by atoms with Gasteiger partial charge in [0.2, 0.25) is 0 Å². The van der Waals surface area contributed by atoms with Crippen LogP contribution in [-0.4, -0.2) is 43.7 Å². The van der Waals surface area contributed by atoms with Crippen molar-refractivity contribution in [2.75, 3.05) is 32.7 Å². The van der Waals surface area contributed by atoms with Crippen LogP contribution < -0.4 is 10.1 Å². The first-order chi connectivity index (χ1) is 10.1. The molecule has 1 aromatic rings. The number of rotatable bonds is 7. The van der Waals surface area contributed by atoms with E-state index in [0.717, 1.165) is 30.3 Å². The van der Waals surface area contributed by atoms with E-state index < -0.39 is 0 Å². The molecule has 0 aliphatic carbocycles. The number of unbranched alkanes of at least 4 members (excludes halogenated alkanes) is 1. The zero-order chi connectivity index (χ0) is 15.1. The Bertz CT molecular complexity index is 431. The summed E-state index contributed by atoms with van der Waals surface area (Å²) < 4.78 is 5.87. The summed E-state index contributed by atoms with van der Waals surface area (Å²) in [4.78, 5) is 2.54. The minimum Gasteiger partial charge on any atom is -0.491 e. The Morgan fingerprint density at radius 2 is 2.00 bits per heavy atom. The number of hydrogen-bond donors (Lipinski definition) is 1. The van der Waals surface area contributed by atoms with Gasteiger partial charge in [0, 0.05) is 31.2 Å². The fourth-order valence-corrected chi connectivity index (χ4v) is 2.89. The molecule has 118 valence electrons. The molecule has 1 fully saturated rings.